The molecule has 0 N–H and O–H groups in total. The quantitative estimate of drug-likeness (QED) is 0.0411. The van der Waals surface area contributed by atoms with Crippen molar-refractivity contribution in [2.24, 2.45) is 0 Å². The van der Waals surface area contributed by atoms with Crippen LogP contribution in [-0.2, 0) is 26.2 Å². The zero-order chi connectivity index (χ0) is 38.0. The highest BCUT2D eigenvalue weighted by molar-refractivity contribution is 5.21. The van der Waals surface area contributed by atoms with E-state index < -0.39 is 0 Å². The van der Waals surface area contributed by atoms with Crippen molar-refractivity contribution < 1.29 is 9.13 Å². The van der Waals surface area contributed by atoms with Crippen LogP contribution in [0.4, 0.5) is 0 Å². The molecule has 4 heteroatoms. The summed E-state index contributed by atoms with van der Waals surface area (Å²) in [6, 6.07) is 9.24. The first-order chi connectivity index (χ1) is 26.8. The van der Waals surface area contributed by atoms with Crippen LogP contribution in [0.1, 0.15) is 230 Å². The molecule has 0 atom stereocenters. The second-order valence-electron chi connectivity index (χ2n) is 17.1. The lowest BCUT2D eigenvalue weighted by molar-refractivity contribution is -0.688. The number of aryl methyl sites for hydroxylation is 2. The molecule has 0 spiro atoms. The maximum Gasteiger partial charge on any atom is 0.244 e. The maximum absolute atomic E-state index is 2.37. The molecule has 4 nitrogen and oxygen atoms in total. The molecular formula is C50H88N4+2. The number of aromatic nitrogens is 4. The van der Waals surface area contributed by atoms with Crippen LogP contribution < -0.4 is 9.13 Å². The molecule has 0 aliphatic rings. The standard InChI is InChI=1S/C50H88N4/c1-3-5-7-9-11-13-15-17-19-21-23-25-27-29-31-33-39-51-41-43-53(47-51)45-49-35-37-50(38-36-49)46-54-44-42-52(48-54)40-34-32-30-28-26-24-22-20-18-16-14-12-10-8-6-4-2/h35-38,41-44,47-48H,3-34,39-40,45-46H2,1-2H3/q+2. The summed E-state index contributed by atoms with van der Waals surface area (Å²) in [5.41, 5.74) is 2.74. The van der Waals surface area contributed by atoms with Crippen LogP contribution in [0.25, 0.3) is 0 Å². The summed E-state index contributed by atoms with van der Waals surface area (Å²) >= 11 is 0. The van der Waals surface area contributed by atoms with Crippen molar-refractivity contribution in [1.82, 2.24) is 9.13 Å². The molecule has 3 rings (SSSR count). The van der Waals surface area contributed by atoms with Gasteiger partial charge < -0.3 is 0 Å². The molecule has 2 heterocycles. The molecule has 2 aromatic heterocycles. The van der Waals surface area contributed by atoms with E-state index in [-0.39, 0.29) is 0 Å². The molecule has 0 aliphatic carbocycles. The van der Waals surface area contributed by atoms with Gasteiger partial charge in [0.2, 0.25) is 12.7 Å². The van der Waals surface area contributed by atoms with Crippen LogP contribution in [0.3, 0.4) is 0 Å². The van der Waals surface area contributed by atoms with Crippen molar-refractivity contribution in [2.75, 3.05) is 0 Å². The van der Waals surface area contributed by atoms with Crippen molar-refractivity contribution >= 4 is 0 Å². The Hall–Kier alpha value is -2.36. The van der Waals surface area contributed by atoms with Crippen LogP contribution in [0.2, 0.25) is 0 Å². The van der Waals surface area contributed by atoms with E-state index in [9.17, 15) is 0 Å². The van der Waals surface area contributed by atoms with Gasteiger partial charge in [0.05, 0.1) is 13.1 Å². The maximum atomic E-state index is 2.37. The summed E-state index contributed by atoms with van der Waals surface area (Å²) in [4.78, 5) is 0. The lowest BCUT2D eigenvalue weighted by atomic mass is 10.0. The Morgan fingerprint density at radius 3 is 0.833 bits per heavy atom. The van der Waals surface area contributed by atoms with Gasteiger partial charge in [0.25, 0.3) is 0 Å². The minimum Gasteiger partial charge on any atom is -0.237 e. The van der Waals surface area contributed by atoms with Gasteiger partial charge in [-0.2, -0.15) is 0 Å². The van der Waals surface area contributed by atoms with Crippen LogP contribution in [0.15, 0.2) is 61.7 Å². The third-order valence-electron chi connectivity index (χ3n) is 11.8. The van der Waals surface area contributed by atoms with Gasteiger partial charge in [-0.1, -0.05) is 218 Å². The molecule has 0 aliphatic heterocycles. The first-order valence-electron chi connectivity index (χ1n) is 23.9. The third kappa shape index (κ3) is 24.2. The minimum absolute atomic E-state index is 0.940. The second kappa shape index (κ2) is 32.8. The average molecular weight is 745 g/mol. The van der Waals surface area contributed by atoms with E-state index in [4.69, 9.17) is 0 Å². The van der Waals surface area contributed by atoms with Crippen molar-refractivity contribution in [2.45, 2.75) is 245 Å². The Balaban J connectivity index is 1.13. The van der Waals surface area contributed by atoms with E-state index in [1.807, 2.05) is 0 Å². The lowest BCUT2D eigenvalue weighted by Crippen LogP contribution is -2.32. The molecule has 0 bridgehead atoms. The molecule has 1 aromatic carbocycles. The summed E-state index contributed by atoms with van der Waals surface area (Å²) in [5, 5.41) is 0. The summed E-state index contributed by atoms with van der Waals surface area (Å²) in [7, 11) is 0. The number of rotatable bonds is 38. The largest absolute Gasteiger partial charge is 0.244 e. The van der Waals surface area contributed by atoms with E-state index in [0.717, 1.165) is 26.2 Å². The Labute approximate surface area is 335 Å². The van der Waals surface area contributed by atoms with Gasteiger partial charge in [-0.15, -0.1) is 0 Å². The number of imidazole rings is 2. The van der Waals surface area contributed by atoms with Gasteiger partial charge in [0.1, 0.15) is 37.9 Å². The molecule has 3 aromatic rings. The van der Waals surface area contributed by atoms with Crippen molar-refractivity contribution in [3.63, 3.8) is 0 Å². The predicted molar refractivity (Wildman–Crippen MR) is 233 cm³/mol. The fourth-order valence-corrected chi connectivity index (χ4v) is 8.19. The Bertz CT molecular complexity index is 1130. The van der Waals surface area contributed by atoms with Crippen molar-refractivity contribution in [3.05, 3.63) is 72.8 Å². The topological polar surface area (TPSA) is 17.6 Å². The van der Waals surface area contributed by atoms with Gasteiger partial charge in [-0.25, -0.2) is 18.3 Å². The number of unbranched alkanes of at least 4 members (excludes halogenated alkanes) is 30. The monoisotopic (exact) mass is 745 g/mol. The minimum atomic E-state index is 0.940. The molecule has 0 amide bonds. The SMILES string of the molecule is CCCCCCCCCCCCCCCCCCn1cc[n+](Cc2ccc(C[n+]3ccn(CCCCCCCCCCCCCCCCCC)c3)cc2)c1. The highest BCUT2D eigenvalue weighted by atomic mass is 15.1. The van der Waals surface area contributed by atoms with Crippen molar-refractivity contribution in [3.8, 4) is 0 Å². The molecule has 306 valence electrons. The van der Waals surface area contributed by atoms with Crippen LogP contribution in [0, 0.1) is 0 Å². The Morgan fingerprint density at radius 2 is 0.574 bits per heavy atom. The smallest absolute Gasteiger partial charge is 0.237 e. The predicted octanol–water partition coefficient (Wildman–Crippen LogP) is 14.5. The normalized spacial score (nSPS) is 11.6. The molecule has 0 saturated heterocycles. The average Bonchev–Trinajstić information content (AvgIpc) is 3.84. The van der Waals surface area contributed by atoms with Gasteiger partial charge >= 0.3 is 0 Å². The molecule has 0 saturated carbocycles. The van der Waals surface area contributed by atoms with E-state index in [0.29, 0.717) is 0 Å². The lowest BCUT2D eigenvalue weighted by Gasteiger charge is -2.03. The van der Waals surface area contributed by atoms with E-state index >= 15 is 0 Å². The van der Waals surface area contributed by atoms with E-state index in [2.05, 4.69) is 93.8 Å². The Morgan fingerprint density at radius 1 is 0.333 bits per heavy atom. The van der Waals surface area contributed by atoms with Gasteiger partial charge in [-0.3, -0.25) is 0 Å². The molecular weight excluding hydrogens is 657 g/mol. The fourth-order valence-electron chi connectivity index (χ4n) is 8.19. The highest BCUT2D eigenvalue weighted by Gasteiger charge is 2.08. The molecule has 0 unspecified atom stereocenters. The van der Waals surface area contributed by atoms with Crippen LogP contribution >= 0.6 is 0 Å². The summed E-state index contributed by atoms with van der Waals surface area (Å²) in [5.74, 6) is 0. The number of benzene rings is 1. The summed E-state index contributed by atoms with van der Waals surface area (Å²) in [6.45, 7) is 8.77. The van der Waals surface area contributed by atoms with E-state index in [1.165, 1.54) is 217 Å². The van der Waals surface area contributed by atoms with E-state index in [1.54, 1.807) is 0 Å². The summed E-state index contributed by atoms with van der Waals surface area (Å²) in [6.07, 6.45) is 59.2. The number of hydrogen-bond acceptors (Lipinski definition) is 0. The fraction of sp³-hybridized carbons (Fsp3) is 0.760. The van der Waals surface area contributed by atoms with Crippen LogP contribution in [0.5, 0.6) is 0 Å². The number of nitrogens with zero attached hydrogens (tertiary/aromatic N) is 4. The zero-order valence-corrected chi connectivity index (χ0v) is 36.0. The van der Waals surface area contributed by atoms with Gasteiger partial charge in [0, 0.05) is 0 Å². The van der Waals surface area contributed by atoms with Crippen molar-refractivity contribution in [1.29, 1.82) is 0 Å². The Kier molecular flexibility index (Phi) is 28.0. The van der Waals surface area contributed by atoms with Gasteiger partial charge in [0.15, 0.2) is 0 Å². The molecule has 0 radical (unpaired) electrons. The van der Waals surface area contributed by atoms with Crippen LogP contribution in [-0.4, -0.2) is 9.13 Å². The molecule has 0 fully saturated rings. The first-order valence-corrected chi connectivity index (χ1v) is 23.9. The van der Waals surface area contributed by atoms with Gasteiger partial charge in [-0.05, 0) is 36.8 Å². The number of hydrogen-bond donors (Lipinski definition) is 0. The first kappa shape index (κ1) is 46.0. The zero-order valence-electron chi connectivity index (χ0n) is 36.0. The highest BCUT2D eigenvalue weighted by Crippen LogP contribution is 2.16. The summed E-state index contributed by atoms with van der Waals surface area (Å²) < 4.78 is 9.41. The molecule has 54 heavy (non-hydrogen) atoms. The third-order valence-corrected chi connectivity index (χ3v) is 11.8. The second-order valence-corrected chi connectivity index (χ2v) is 17.1.